The summed E-state index contributed by atoms with van der Waals surface area (Å²) in [5, 5.41) is 3.54. The molecule has 0 radical (unpaired) electrons. The van der Waals surface area contributed by atoms with Crippen molar-refractivity contribution in [2.24, 2.45) is 0 Å². The first-order valence-electron chi connectivity index (χ1n) is 8.20. The van der Waals surface area contributed by atoms with Gasteiger partial charge in [-0.05, 0) is 37.7 Å². The average molecular weight is 348 g/mol. The molecule has 24 heavy (non-hydrogen) atoms. The largest absolute Gasteiger partial charge is 0.459 e. The zero-order valence-corrected chi connectivity index (χ0v) is 14.8. The van der Waals surface area contributed by atoms with E-state index >= 15 is 0 Å². The van der Waals surface area contributed by atoms with Crippen LogP contribution in [-0.4, -0.2) is 43.5 Å². The maximum Gasteiger partial charge on any atom is 0.291 e. The van der Waals surface area contributed by atoms with Gasteiger partial charge in [0, 0.05) is 36.8 Å². The molecule has 2 aromatic rings. The van der Waals surface area contributed by atoms with E-state index in [-0.39, 0.29) is 5.91 Å². The van der Waals surface area contributed by atoms with Gasteiger partial charge in [-0.2, -0.15) is 0 Å². The van der Waals surface area contributed by atoms with E-state index in [4.69, 9.17) is 16.0 Å². The molecule has 1 N–H and O–H groups in total. The minimum absolute atomic E-state index is 0.256. The van der Waals surface area contributed by atoms with Crippen LogP contribution in [0, 0.1) is 6.92 Å². The molecule has 5 nitrogen and oxygen atoms in total. The minimum Gasteiger partial charge on any atom is -0.459 e. The van der Waals surface area contributed by atoms with E-state index < -0.39 is 0 Å². The maximum absolute atomic E-state index is 12.5. The predicted octanol–water partition coefficient (Wildman–Crippen LogP) is 3.64. The first-order valence-corrected chi connectivity index (χ1v) is 8.58. The predicted molar refractivity (Wildman–Crippen MR) is 97.2 cm³/mol. The number of aryl methyl sites for hydroxylation is 1. The lowest BCUT2D eigenvalue weighted by Gasteiger charge is -2.36. The fourth-order valence-corrected chi connectivity index (χ4v) is 3.15. The molecule has 1 fully saturated rings. The van der Waals surface area contributed by atoms with Crippen molar-refractivity contribution in [3.63, 3.8) is 0 Å². The Morgan fingerprint density at radius 1 is 1.25 bits per heavy atom. The summed E-state index contributed by atoms with van der Waals surface area (Å²) >= 11 is 6.14. The molecule has 1 saturated heterocycles. The Kier molecular flexibility index (Phi) is 5.11. The standard InChI is InChI=1S/C18H22ClN3O2/c1-3-21-7-9-22(10-8-21)16-5-4-14(19)12-15(16)20-18(23)17-13(2)6-11-24-17/h4-6,11-12H,3,7-10H2,1-2H3,(H,20,23). The maximum atomic E-state index is 12.5. The number of piperazine rings is 1. The number of benzene rings is 1. The third-order valence-corrected chi connectivity index (χ3v) is 4.67. The Balaban J connectivity index is 1.81. The van der Waals surface area contributed by atoms with Crippen molar-refractivity contribution in [2.75, 3.05) is 42.9 Å². The van der Waals surface area contributed by atoms with Gasteiger partial charge < -0.3 is 19.5 Å². The number of hydrogen-bond acceptors (Lipinski definition) is 4. The molecule has 3 rings (SSSR count). The summed E-state index contributed by atoms with van der Waals surface area (Å²) in [6, 6.07) is 7.39. The van der Waals surface area contributed by atoms with Gasteiger partial charge in [-0.3, -0.25) is 4.79 Å². The van der Waals surface area contributed by atoms with Crippen LogP contribution in [0.15, 0.2) is 34.9 Å². The molecule has 0 spiro atoms. The number of halogens is 1. The molecule has 0 unspecified atom stereocenters. The lowest BCUT2D eigenvalue weighted by molar-refractivity contribution is 0.0996. The monoisotopic (exact) mass is 347 g/mol. The Bertz CT molecular complexity index is 721. The second-order valence-corrected chi connectivity index (χ2v) is 6.41. The molecular weight excluding hydrogens is 326 g/mol. The summed E-state index contributed by atoms with van der Waals surface area (Å²) in [6.45, 7) is 8.98. The number of nitrogens with one attached hydrogen (secondary N) is 1. The van der Waals surface area contributed by atoms with Gasteiger partial charge >= 0.3 is 0 Å². The van der Waals surface area contributed by atoms with Crippen LogP contribution in [0.5, 0.6) is 0 Å². The number of furan rings is 1. The lowest BCUT2D eigenvalue weighted by Crippen LogP contribution is -2.46. The first-order chi connectivity index (χ1) is 11.6. The molecule has 1 aromatic carbocycles. The smallest absolute Gasteiger partial charge is 0.291 e. The van der Waals surface area contributed by atoms with Crippen LogP contribution in [0.3, 0.4) is 0 Å². The quantitative estimate of drug-likeness (QED) is 0.917. The molecular formula is C18H22ClN3O2. The molecule has 2 heterocycles. The van der Waals surface area contributed by atoms with Crippen LogP contribution in [-0.2, 0) is 0 Å². The first kappa shape index (κ1) is 16.9. The van der Waals surface area contributed by atoms with Gasteiger partial charge in [0.05, 0.1) is 17.6 Å². The highest BCUT2D eigenvalue weighted by molar-refractivity contribution is 6.31. The SMILES string of the molecule is CCN1CCN(c2ccc(Cl)cc2NC(=O)c2occc2C)CC1. The van der Waals surface area contributed by atoms with E-state index in [0.717, 1.165) is 44.0 Å². The van der Waals surface area contributed by atoms with Gasteiger partial charge in [0.15, 0.2) is 5.76 Å². The van der Waals surface area contributed by atoms with Gasteiger partial charge in [0.2, 0.25) is 0 Å². The Morgan fingerprint density at radius 2 is 2.00 bits per heavy atom. The van der Waals surface area contributed by atoms with Crippen molar-refractivity contribution in [3.8, 4) is 0 Å². The van der Waals surface area contributed by atoms with Crippen LogP contribution in [0.2, 0.25) is 5.02 Å². The highest BCUT2D eigenvalue weighted by atomic mass is 35.5. The van der Waals surface area contributed by atoms with Crippen molar-refractivity contribution in [1.29, 1.82) is 0 Å². The third-order valence-electron chi connectivity index (χ3n) is 4.44. The Hall–Kier alpha value is -1.98. The minimum atomic E-state index is -0.256. The summed E-state index contributed by atoms with van der Waals surface area (Å²) in [5.74, 6) is 0.0740. The van der Waals surface area contributed by atoms with Crippen LogP contribution >= 0.6 is 11.6 Å². The Morgan fingerprint density at radius 3 is 2.62 bits per heavy atom. The number of anilines is 2. The van der Waals surface area contributed by atoms with E-state index in [1.165, 1.54) is 6.26 Å². The summed E-state index contributed by atoms with van der Waals surface area (Å²) in [7, 11) is 0. The van der Waals surface area contributed by atoms with Crippen LogP contribution in [0.1, 0.15) is 23.0 Å². The average Bonchev–Trinajstić information content (AvgIpc) is 3.01. The van der Waals surface area contributed by atoms with E-state index in [2.05, 4.69) is 22.0 Å². The molecule has 1 aromatic heterocycles. The summed E-state index contributed by atoms with van der Waals surface area (Å²) in [4.78, 5) is 17.2. The third kappa shape index (κ3) is 3.57. The van der Waals surface area contributed by atoms with E-state index in [0.29, 0.717) is 16.5 Å². The van der Waals surface area contributed by atoms with Crippen LogP contribution < -0.4 is 10.2 Å². The lowest BCUT2D eigenvalue weighted by atomic mass is 10.2. The molecule has 128 valence electrons. The van der Waals surface area contributed by atoms with Crippen molar-refractivity contribution < 1.29 is 9.21 Å². The van der Waals surface area contributed by atoms with E-state index in [1.54, 1.807) is 12.1 Å². The van der Waals surface area contributed by atoms with Crippen LogP contribution in [0.25, 0.3) is 0 Å². The number of rotatable bonds is 4. The van der Waals surface area contributed by atoms with Crippen molar-refractivity contribution in [3.05, 3.63) is 46.9 Å². The highest BCUT2D eigenvalue weighted by Crippen LogP contribution is 2.30. The molecule has 6 heteroatoms. The molecule has 0 aliphatic carbocycles. The molecule has 1 aliphatic heterocycles. The normalized spacial score (nSPS) is 15.5. The fraction of sp³-hybridized carbons (Fsp3) is 0.389. The summed E-state index contributed by atoms with van der Waals surface area (Å²) in [6.07, 6.45) is 1.52. The molecule has 1 aliphatic rings. The zero-order valence-electron chi connectivity index (χ0n) is 14.0. The molecule has 1 amide bonds. The van der Waals surface area contributed by atoms with E-state index in [9.17, 15) is 4.79 Å². The molecule has 0 atom stereocenters. The summed E-state index contributed by atoms with van der Waals surface area (Å²) in [5.41, 5.74) is 2.52. The van der Waals surface area contributed by atoms with Crippen molar-refractivity contribution in [2.45, 2.75) is 13.8 Å². The van der Waals surface area contributed by atoms with Gasteiger partial charge in [-0.1, -0.05) is 18.5 Å². The summed E-state index contributed by atoms with van der Waals surface area (Å²) < 4.78 is 5.28. The van der Waals surface area contributed by atoms with Crippen LogP contribution in [0.4, 0.5) is 11.4 Å². The zero-order chi connectivity index (χ0) is 17.1. The van der Waals surface area contributed by atoms with Gasteiger partial charge in [0.25, 0.3) is 5.91 Å². The second-order valence-electron chi connectivity index (χ2n) is 5.97. The molecule has 0 bridgehead atoms. The highest BCUT2D eigenvalue weighted by Gasteiger charge is 2.20. The van der Waals surface area contributed by atoms with Crippen molar-refractivity contribution in [1.82, 2.24) is 4.90 Å². The number of likely N-dealkylation sites (N-methyl/N-ethyl adjacent to an activating group) is 1. The number of carbonyl (C=O) groups excluding carboxylic acids is 1. The number of carbonyl (C=O) groups is 1. The van der Waals surface area contributed by atoms with E-state index in [1.807, 2.05) is 19.1 Å². The topological polar surface area (TPSA) is 48.7 Å². The molecule has 0 saturated carbocycles. The number of nitrogens with zero attached hydrogens (tertiary/aromatic N) is 2. The number of hydrogen-bond donors (Lipinski definition) is 1. The fourth-order valence-electron chi connectivity index (χ4n) is 2.97. The van der Waals surface area contributed by atoms with Gasteiger partial charge in [0.1, 0.15) is 0 Å². The second kappa shape index (κ2) is 7.28. The van der Waals surface area contributed by atoms with Gasteiger partial charge in [-0.15, -0.1) is 0 Å². The number of amides is 1. The van der Waals surface area contributed by atoms with Crippen molar-refractivity contribution >= 4 is 28.9 Å². The van der Waals surface area contributed by atoms with Gasteiger partial charge in [-0.25, -0.2) is 0 Å². The Labute approximate surface area is 147 Å².